The number of carbonyl (C=O) groups is 1. The Kier molecular flexibility index (Phi) is 5.62. The number of methoxy groups -OCH3 is 1. The van der Waals surface area contributed by atoms with Crippen LogP contribution < -0.4 is 10.1 Å². The summed E-state index contributed by atoms with van der Waals surface area (Å²) < 4.78 is 46.7. The van der Waals surface area contributed by atoms with E-state index in [1.165, 1.54) is 19.2 Å². The van der Waals surface area contributed by atoms with Gasteiger partial charge in [0.2, 0.25) is 0 Å². The van der Waals surface area contributed by atoms with Gasteiger partial charge >= 0.3 is 6.18 Å². The molecule has 0 saturated heterocycles. The molecule has 0 fully saturated rings. The topological polar surface area (TPSA) is 47.6 Å². The molecule has 0 spiro atoms. The monoisotopic (exact) mass is 277 g/mol. The molecule has 0 aromatic heterocycles. The molecular formula is C12H14F3NO3. The third kappa shape index (κ3) is 5.60. The van der Waals surface area contributed by atoms with Crippen LogP contribution in [0.15, 0.2) is 24.3 Å². The number of rotatable bonds is 6. The van der Waals surface area contributed by atoms with Crippen molar-refractivity contribution in [1.29, 1.82) is 0 Å². The summed E-state index contributed by atoms with van der Waals surface area (Å²) in [6.07, 6.45) is -4.38. The lowest BCUT2D eigenvalue weighted by molar-refractivity contribution is -0.137. The molecule has 106 valence electrons. The largest absolute Gasteiger partial charge is 0.484 e. The fraction of sp³-hybridized carbons (Fsp3) is 0.417. The van der Waals surface area contributed by atoms with Gasteiger partial charge in [0.25, 0.3) is 5.91 Å². The number of ether oxygens (including phenoxy) is 2. The van der Waals surface area contributed by atoms with Gasteiger partial charge in [-0.15, -0.1) is 0 Å². The lowest BCUT2D eigenvalue weighted by atomic mass is 10.2. The Morgan fingerprint density at radius 1 is 1.26 bits per heavy atom. The third-order valence-corrected chi connectivity index (χ3v) is 2.18. The van der Waals surface area contributed by atoms with Crippen LogP contribution in [-0.4, -0.2) is 32.8 Å². The van der Waals surface area contributed by atoms with Crippen molar-refractivity contribution in [2.24, 2.45) is 0 Å². The van der Waals surface area contributed by atoms with Crippen LogP contribution in [0.4, 0.5) is 13.2 Å². The van der Waals surface area contributed by atoms with Crippen molar-refractivity contribution in [2.75, 3.05) is 26.9 Å². The standard InChI is InChI=1S/C12H14F3NO3/c1-18-7-6-16-11(17)8-19-10-4-2-9(3-5-10)12(13,14)15/h2-5H,6-8H2,1H3,(H,16,17). The summed E-state index contributed by atoms with van der Waals surface area (Å²) in [5, 5.41) is 2.52. The SMILES string of the molecule is COCCNC(=O)COc1ccc(C(F)(F)F)cc1. The lowest BCUT2D eigenvalue weighted by Gasteiger charge is -2.09. The van der Waals surface area contributed by atoms with Crippen molar-refractivity contribution in [3.05, 3.63) is 29.8 Å². The summed E-state index contributed by atoms with van der Waals surface area (Å²) in [4.78, 5) is 11.2. The maximum atomic E-state index is 12.3. The molecule has 7 heteroatoms. The minimum absolute atomic E-state index is 0.204. The third-order valence-electron chi connectivity index (χ3n) is 2.18. The second-order valence-corrected chi connectivity index (χ2v) is 3.65. The van der Waals surface area contributed by atoms with Gasteiger partial charge in [-0.25, -0.2) is 0 Å². The first-order chi connectivity index (χ1) is 8.93. The highest BCUT2D eigenvalue weighted by atomic mass is 19.4. The van der Waals surface area contributed by atoms with Crippen LogP contribution in [0.3, 0.4) is 0 Å². The molecule has 0 unspecified atom stereocenters. The second-order valence-electron chi connectivity index (χ2n) is 3.65. The molecule has 1 amide bonds. The van der Waals surface area contributed by atoms with Crippen molar-refractivity contribution in [3.63, 3.8) is 0 Å². The molecule has 0 atom stereocenters. The molecule has 0 heterocycles. The molecule has 0 aliphatic carbocycles. The van der Waals surface area contributed by atoms with Crippen LogP contribution in [0.25, 0.3) is 0 Å². The van der Waals surface area contributed by atoms with Crippen molar-refractivity contribution in [3.8, 4) is 5.75 Å². The molecule has 0 aliphatic heterocycles. The Balaban J connectivity index is 2.40. The summed E-state index contributed by atoms with van der Waals surface area (Å²) >= 11 is 0. The van der Waals surface area contributed by atoms with E-state index < -0.39 is 11.7 Å². The zero-order chi connectivity index (χ0) is 14.3. The van der Waals surface area contributed by atoms with E-state index in [1.807, 2.05) is 0 Å². The zero-order valence-electron chi connectivity index (χ0n) is 10.3. The van der Waals surface area contributed by atoms with Gasteiger partial charge in [0.1, 0.15) is 5.75 Å². The maximum absolute atomic E-state index is 12.3. The van der Waals surface area contributed by atoms with Crippen LogP contribution in [0, 0.1) is 0 Å². The lowest BCUT2D eigenvalue weighted by Crippen LogP contribution is -2.31. The van der Waals surface area contributed by atoms with Crippen LogP contribution in [0.2, 0.25) is 0 Å². The van der Waals surface area contributed by atoms with E-state index in [2.05, 4.69) is 5.32 Å². The molecule has 19 heavy (non-hydrogen) atoms. The number of halogens is 3. The van der Waals surface area contributed by atoms with Gasteiger partial charge in [0, 0.05) is 13.7 Å². The van der Waals surface area contributed by atoms with E-state index in [-0.39, 0.29) is 18.3 Å². The number of hydrogen-bond donors (Lipinski definition) is 1. The van der Waals surface area contributed by atoms with Gasteiger partial charge in [0.15, 0.2) is 6.61 Å². The molecular weight excluding hydrogens is 263 g/mol. The minimum Gasteiger partial charge on any atom is -0.484 e. The van der Waals surface area contributed by atoms with Gasteiger partial charge < -0.3 is 14.8 Å². The Hall–Kier alpha value is -1.76. The van der Waals surface area contributed by atoms with Gasteiger partial charge in [-0.3, -0.25) is 4.79 Å². The number of hydrogen-bond acceptors (Lipinski definition) is 3. The van der Waals surface area contributed by atoms with E-state index in [1.54, 1.807) is 0 Å². The molecule has 0 bridgehead atoms. The van der Waals surface area contributed by atoms with E-state index >= 15 is 0 Å². The molecule has 1 aromatic carbocycles. The normalized spacial score (nSPS) is 11.2. The van der Waals surface area contributed by atoms with Gasteiger partial charge in [0.05, 0.1) is 12.2 Å². The number of alkyl halides is 3. The second kappa shape index (κ2) is 6.98. The number of amides is 1. The number of carbonyl (C=O) groups excluding carboxylic acids is 1. The molecule has 4 nitrogen and oxygen atoms in total. The van der Waals surface area contributed by atoms with Crippen LogP contribution >= 0.6 is 0 Å². The zero-order valence-corrected chi connectivity index (χ0v) is 10.3. The van der Waals surface area contributed by atoms with Gasteiger partial charge in [-0.05, 0) is 24.3 Å². The van der Waals surface area contributed by atoms with Crippen molar-refractivity contribution in [1.82, 2.24) is 5.32 Å². The van der Waals surface area contributed by atoms with Crippen molar-refractivity contribution >= 4 is 5.91 Å². The Morgan fingerprint density at radius 2 is 1.89 bits per heavy atom. The Bertz CT molecular complexity index is 404. The number of benzene rings is 1. The van der Waals surface area contributed by atoms with E-state index in [9.17, 15) is 18.0 Å². The van der Waals surface area contributed by atoms with Gasteiger partial charge in [-0.1, -0.05) is 0 Å². The summed E-state index contributed by atoms with van der Waals surface area (Å²) in [5.41, 5.74) is -0.760. The van der Waals surface area contributed by atoms with E-state index in [0.717, 1.165) is 12.1 Å². The molecule has 0 saturated carbocycles. The van der Waals surface area contributed by atoms with E-state index in [0.29, 0.717) is 13.2 Å². The predicted molar refractivity (Wildman–Crippen MR) is 61.8 cm³/mol. The van der Waals surface area contributed by atoms with Crippen molar-refractivity contribution < 1.29 is 27.4 Å². The minimum atomic E-state index is -4.38. The Morgan fingerprint density at radius 3 is 2.42 bits per heavy atom. The maximum Gasteiger partial charge on any atom is 0.416 e. The summed E-state index contributed by atoms with van der Waals surface area (Å²) in [6.45, 7) is 0.479. The van der Waals surface area contributed by atoms with Gasteiger partial charge in [-0.2, -0.15) is 13.2 Å². The van der Waals surface area contributed by atoms with E-state index in [4.69, 9.17) is 9.47 Å². The van der Waals surface area contributed by atoms with Crippen molar-refractivity contribution in [2.45, 2.75) is 6.18 Å². The summed E-state index contributed by atoms with van der Waals surface area (Å²) in [7, 11) is 1.50. The quantitative estimate of drug-likeness (QED) is 0.807. The molecule has 1 rings (SSSR count). The van der Waals surface area contributed by atoms with Crippen LogP contribution in [0.1, 0.15) is 5.56 Å². The first-order valence-electron chi connectivity index (χ1n) is 5.49. The number of nitrogens with one attached hydrogen (secondary N) is 1. The predicted octanol–water partition coefficient (Wildman–Crippen LogP) is 1.85. The van der Waals surface area contributed by atoms with Crippen LogP contribution in [0.5, 0.6) is 5.75 Å². The molecule has 0 aliphatic rings. The fourth-order valence-electron chi connectivity index (χ4n) is 1.23. The summed E-state index contributed by atoms with van der Waals surface area (Å²) in [5.74, 6) is -0.160. The average Bonchev–Trinajstić information content (AvgIpc) is 2.36. The highest BCUT2D eigenvalue weighted by molar-refractivity contribution is 5.77. The molecule has 1 aromatic rings. The molecule has 1 N–H and O–H groups in total. The fourth-order valence-corrected chi connectivity index (χ4v) is 1.23. The highest BCUT2D eigenvalue weighted by Gasteiger charge is 2.29. The first kappa shape index (κ1) is 15.3. The highest BCUT2D eigenvalue weighted by Crippen LogP contribution is 2.30. The summed E-state index contributed by atoms with van der Waals surface area (Å²) in [6, 6.07) is 4.15. The average molecular weight is 277 g/mol. The molecule has 0 radical (unpaired) electrons. The smallest absolute Gasteiger partial charge is 0.416 e. The van der Waals surface area contributed by atoms with Crippen LogP contribution in [-0.2, 0) is 15.7 Å². The first-order valence-corrected chi connectivity index (χ1v) is 5.49. The Labute approximate surface area is 108 Å².